The van der Waals surface area contributed by atoms with Gasteiger partial charge in [0.25, 0.3) is 0 Å². The SMILES string of the molecule is C=C(c1cc(-c2cc3cc(/C=C/C)ccc3o2)c(O)cc1O)c1cc(/C=C/C)ccc1OC(=O)c1ccc(O)cc1. The Bertz CT molecular complexity index is 1840. The van der Waals surface area contributed by atoms with E-state index in [1.807, 2.05) is 62.4 Å². The fraction of sp³-hybridized carbons (Fsp3) is 0.0571. The van der Waals surface area contributed by atoms with Crippen molar-refractivity contribution in [2.45, 2.75) is 13.8 Å². The van der Waals surface area contributed by atoms with Crippen molar-refractivity contribution in [3.8, 4) is 34.3 Å². The maximum absolute atomic E-state index is 12.9. The highest BCUT2D eigenvalue weighted by Crippen LogP contribution is 2.42. The van der Waals surface area contributed by atoms with Crippen LogP contribution in [0.4, 0.5) is 0 Å². The normalized spacial score (nSPS) is 11.5. The molecule has 41 heavy (non-hydrogen) atoms. The summed E-state index contributed by atoms with van der Waals surface area (Å²) in [5, 5.41) is 32.1. The summed E-state index contributed by atoms with van der Waals surface area (Å²) in [6, 6.07) is 21.5. The topological polar surface area (TPSA) is 100 Å². The van der Waals surface area contributed by atoms with E-state index in [4.69, 9.17) is 9.15 Å². The first-order chi connectivity index (χ1) is 19.8. The van der Waals surface area contributed by atoms with Gasteiger partial charge in [-0.15, -0.1) is 0 Å². The molecule has 0 radical (unpaired) electrons. The number of phenolic OH excluding ortho intramolecular Hbond substituents is 3. The second-order valence-electron chi connectivity index (χ2n) is 9.46. The van der Waals surface area contributed by atoms with Gasteiger partial charge in [-0.3, -0.25) is 0 Å². The first kappa shape index (κ1) is 27.1. The number of allylic oxidation sites excluding steroid dienone is 2. The lowest BCUT2D eigenvalue weighted by molar-refractivity contribution is 0.0734. The number of rotatable bonds is 7. The zero-order valence-corrected chi connectivity index (χ0v) is 22.6. The highest BCUT2D eigenvalue weighted by molar-refractivity contribution is 5.94. The number of carbonyl (C=O) groups excluding carboxylic acids is 1. The molecule has 0 unspecified atom stereocenters. The fourth-order valence-corrected chi connectivity index (χ4v) is 4.58. The summed E-state index contributed by atoms with van der Waals surface area (Å²) < 4.78 is 11.8. The molecule has 5 aromatic rings. The number of hydrogen-bond donors (Lipinski definition) is 3. The van der Waals surface area contributed by atoms with E-state index in [9.17, 15) is 20.1 Å². The van der Waals surface area contributed by atoms with E-state index < -0.39 is 5.97 Å². The van der Waals surface area contributed by atoms with Crippen LogP contribution in [0.5, 0.6) is 23.0 Å². The average Bonchev–Trinajstić information content (AvgIpc) is 3.37. The van der Waals surface area contributed by atoms with Crippen LogP contribution in [0.2, 0.25) is 0 Å². The summed E-state index contributed by atoms with van der Waals surface area (Å²) in [6.45, 7) is 8.06. The number of ether oxygens (including phenoxy) is 1. The van der Waals surface area contributed by atoms with Crippen molar-refractivity contribution >= 4 is 34.7 Å². The molecule has 5 rings (SSSR count). The number of carbonyl (C=O) groups is 1. The molecule has 0 aliphatic rings. The van der Waals surface area contributed by atoms with Crippen molar-refractivity contribution in [3.05, 3.63) is 125 Å². The molecular weight excluding hydrogens is 516 g/mol. The first-order valence-corrected chi connectivity index (χ1v) is 13.0. The summed E-state index contributed by atoms with van der Waals surface area (Å²) in [5.74, 6) is -0.287. The molecule has 0 saturated heterocycles. The lowest BCUT2D eigenvalue weighted by atomic mass is 9.94. The van der Waals surface area contributed by atoms with Gasteiger partial charge in [0.05, 0.1) is 11.1 Å². The van der Waals surface area contributed by atoms with Gasteiger partial charge in [0.2, 0.25) is 0 Å². The van der Waals surface area contributed by atoms with Crippen LogP contribution in [0.15, 0.2) is 102 Å². The highest BCUT2D eigenvalue weighted by atomic mass is 16.5. The molecule has 0 saturated carbocycles. The number of fused-ring (bicyclic) bond motifs is 1. The Labute approximate surface area is 237 Å². The van der Waals surface area contributed by atoms with Crippen molar-refractivity contribution in [1.29, 1.82) is 0 Å². The summed E-state index contributed by atoms with van der Waals surface area (Å²) in [4.78, 5) is 12.9. The molecule has 0 aliphatic carbocycles. The van der Waals surface area contributed by atoms with E-state index in [0.717, 1.165) is 16.5 Å². The Hall–Kier alpha value is -5.49. The van der Waals surface area contributed by atoms with Gasteiger partial charge in [-0.2, -0.15) is 0 Å². The molecule has 3 N–H and O–H groups in total. The second-order valence-corrected chi connectivity index (χ2v) is 9.46. The standard InChI is InChI=1S/C35H28O6/c1-4-6-22-8-14-32-25(16-22)18-34(40-32)29-19-27(30(37)20-31(29)38)21(3)28-17-23(7-5-2)9-15-33(28)41-35(39)24-10-12-26(36)13-11-24/h4-20,36-38H,3H2,1-2H3/b6-4+,7-5+. The second kappa shape index (κ2) is 11.3. The van der Waals surface area contributed by atoms with E-state index in [0.29, 0.717) is 33.6 Å². The largest absolute Gasteiger partial charge is 0.508 e. The van der Waals surface area contributed by atoms with Crippen LogP contribution >= 0.6 is 0 Å². The van der Waals surface area contributed by atoms with Gasteiger partial charge in [0.1, 0.15) is 34.3 Å². The zero-order chi connectivity index (χ0) is 29.1. The third-order valence-corrected chi connectivity index (χ3v) is 6.60. The molecule has 0 fully saturated rings. The third kappa shape index (κ3) is 5.63. The molecule has 0 bridgehead atoms. The van der Waals surface area contributed by atoms with Crippen molar-refractivity contribution in [1.82, 2.24) is 0 Å². The molecule has 1 aromatic heterocycles. The van der Waals surface area contributed by atoms with Crippen LogP contribution in [-0.2, 0) is 0 Å². The number of aromatic hydroxyl groups is 3. The van der Waals surface area contributed by atoms with Crippen LogP contribution in [0.3, 0.4) is 0 Å². The summed E-state index contributed by atoms with van der Waals surface area (Å²) in [7, 11) is 0. The molecule has 0 spiro atoms. The number of furan rings is 1. The van der Waals surface area contributed by atoms with E-state index in [1.54, 1.807) is 24.3 Å². The zero-order valence-electron chi connectivity index (χ0n) is 22.6. The van der Waals surface area contributed by atoms with Crippen molar-refractivity contribution in [2.24, 2.45) is 0 Å². The van der Waals surface area contributed by atoms with Crippen molar-refractivity contribution in [2.75, 3.05) is 0 Å². The molecule has 0 amide bonds. The predicted molar refractivity (Wildman–Crippen MR) is 162 cm³/mol. The number of benzene rings is 4. The summed E-state index contributed by atoms with van der Waals surface area (Å²) in [6.07, 6.45) is 7.71. The van der Waals surface area contributed by atoms with Crippen LogP contribution in [0.25, 0.3) is 40.0 Å². The van der Waals surface area contributed by atoms with Gasteiger partial charge >= 0.3 is 5.97 Å². The minimum absolute atomic E-state index is 0.0348. The molecule has 6 nitrogen and oxygen atoms in total. The Morgan fingerprint density at radius 2 is 1.46 bits per heavy atom. The lowest BCUT2D eigenvalue weighted by Gasteiger charge is -2.16. The highest BCUT2D eigenvalue weighted by Gasteiger charge is 2.20. The lowest BCUT2D eigenvalue weighted by Crippen LogP contribution is -2.10. The van der Waals surface area contributed by atoms with Crippen LogP contribution < -0.4 is 4.74 Å². The third-order valence-electron chi connectivity index (χ3n) is 6.60. The Morgan fingerprint density at radius 3 is 2.17 bits per heavy atom. The quantitative estimate of drug-likeness (QED) is 0.140. The Kier molecular flexibility index (Phi) is 7.48. The fourth-order valence-electron chi connectivity index (χ4n) is 4.58. The minimum Gasteiger partial charge on any atom is -0.508 e. The van der Waals surface area contributed by atoms with Crippen LogP contribution in [0.1, 0.15) is 46.5 Å². The van der Waals surface area contributed by atoms with Gasteiger partial charge in [-0.1, -0.05) is 43.0 Å². The van der Waals surface area contributed by atoms with E-state index in [1.165, 1.54) is 30.3 Å². The number of esters is 1. The molecule has 1 heterocycles. The molecule has 0 atom stereocenters. The van der Waals surface area contributed by atoms with Crippen molar-refractivity contribution in [3.63, 3.8) is 0 Å². The van der Waals surface area contributed by atoms with Crippen molar-refractivity contribution < 1.29 is 29.3 Å². The maximum Gasteiger partial charge on any atom is 0.343 e. The van der Waals surface area contributed by atoms with Gasteiger partial charge in [-0.05, 0) is 91.2 Å². The Balaban J connectivity index is 1.56. The minimum atomic E-state index is -0.618. The number of phenols is 3. The Morgan fingerprint density at radius 1 is 0.780 bits per heavy atom. The van der Waals surface area contributed by atoms with Gasteiger partial charge in [-0.25, -0.2) is 4.79 Å². The van der Waals surface area contributed by atoms with Crippen LogP contribution in [0, 0.1) is 0 Å². The first-order valence-electron chi connectivity index (χ1n) is 13.0. The average molecular weight is 545 g/mol. The summed E-state index contributed by atoms with van der Waals surface area (Å²) >= 11 is 0. The molecule has 0 aliphatic heterocycles. The molecular formula is C35H28O6. The maximum atomic E-state index is 12.9. The molecule has 4 aromatic carbocycles. The molecule has 6 heteroatoms. The van der Waals surface area contributed by atoms with E-state index in [2.05, 4.69) is 6.58 Å². The smallest absolute Gasteiger partial charge is 0.343 e. The predicted octanol–water partition coefficient (Wildman–Crippen LogP) is 8.56. The van der Waals surface area contributed by atoms with E-state index >= 15 is 0 Å². The monoisotopic (exact) mass is 544 g/mol. The number of hydrogen-bond acceptors (Lipinski definition) is 6. The van der Waals surface area contributed by atoms with Gasteiger partial charge < -0.3 is 24.5 Å². The van der Waals surface area contributed by atoms with Gasteiger partial charge in [0, 0.05) is 22.6 Å². The van der Waals surface area contributed by atoms with E-state index in [-0.39, 0.29) is 28.6 Å². The molecule has 204 valence electrons. The van der Waals surface area contributed by atoms with Crippen LogP contribution in [-0.4, -0.2) is 21.3 Å². The van der Waals surface area contributed by atoms with Gasteiger partial charge in [0.15, 0.2) is 0 Å². The summed E-state index contributed by atoms with van der Waals surface area (Å²) in [5.41, 5.74) is 4.31.